The molecule has 0 spiro atoms. The van der Waals surface area contributed by atoms with Crippen molar-refractivity contribution in [2.75, 3.05) is 0 Å². The summed E-state index contributed by atoms with van der Waals surface area (Å²) in [5.41, 5.74) is 3.08. The number of aromatic nitrogens is 2. The van der Waals surface area contributed by atoms with Crippen molar-refractivity contribution in [2.24, 2.45) is 0 Å². The number of benzene rings is 1. The van der Waals surface area contributed by atoms with Gasteiger partial charge in [0.05, 0.1) is 5.69 Å². The molecule has 0 aliphatic rings. The molecule has 0 bridgehead atoms. The number of nitrogens with one attached hydrogen (secondary N) is 1. The van der Waals surface area contributed by atoms with Crippen LogP contribution in [-0.4, -0.2) is 10.2 Å². The van der Waals surface area contributed by atoms with E-state index in [1.54, 1.807) is 13.0 Å². The molecule has 0 saturated carbocycles. The molecule has 0 amide bonds. The number of hydrogen-bond donors (Lipinski definition) is 1. The number of hydrogen-bond acceptors (Lipinski definition) is 3. The predicted octanol–water partition coefficient (Wildman–Crippen LogP) is 2.43. The predicted molar refractivity (Wildman–Crippen MR) is 74.4 cm³/mol. The monoisotopic (exact) mass is 251 g/mol. The Labute approximate surface area is 111 Å². The van der Waals surface area contributed by atoms with Gasteiger partial charge in [0, 0.05) is 0 Å². The largest absolute Gasteiger partial charge is 0.282 e. The fraction of sp³-hybridized carbons (Fsp3) is 0.133. The second-order valence-corrected chi connectivity index (χ2v) is 4.29. The van der Waals surface area contributed by atoms with Crippen LogP contribution < -0.4 is 5.56 Å². The molecule has 1 aromatic carbocycles. The summed E-state index contributed by atoms with van der Waals surface area (Å²) in [4.78, 5) is 11.4. The molecule has 4 nitrogen and oxygen atoms in total. The van der Waals surface area contributed by atoms with Crippen LogP contribution in [0.4, 0.5) is 0 Å². The Morgan fingerprint density at radius 1 is 1.21 bits per heavy atom. The number of nitriles is 1. The Balaban J connectivity index is 2.37. The second kappa shape index (κ2) is 5.32. The highest BCUT2D eigenvalue weighted by molar-refractivity contribution is 5.70. The summed E-state index contributed by atoms with van der Waals surface area (Å²) < 4.78 is 0. The van der Waals surface area contributed by atoms with Crippen LogP contribution in [0.3, 0.4) is 0 Å². The van der Waals surface area contributed by atoms with Crippen molar-refractivity contribution in [3.63, 3.8) is 0 Å². The highest BCUT2D eigenvalue weighted by Crippen LogP contribution is 2.11. The van der Waals surface area contributed by atoms with Gasteiger partial charge in [0.2, 0.25) is 0 Å². The summed E-state index contributed by atoms with van der Waals surface area (Å²) >= 11 is 0. The summed E-state index contributed by atoms with van der Waals surface area (Å²) in [7, 11) is 0. The summed E-state index contributed by atoms with van der Waals surface area (Å²) in [6, 6.07) is 9.93. The van der Waals surface area contributed by atoms with Gasteiger partial charge in [-0.15, -0.1) is 0 Å². The molecule has 0 aliphatic carbocycles. The molecule has 2 rings (SSSR count). The molecule has 1 heterocycles. The lowest BCUT2D eigenvalue weighted by Gasteiger charge is -2.00. The molecule has 0 aliphatic heterocycles. The van der Waals surface area contributed by atoms with Gasteiger partial charge in [-0.25, -0.2) is 5.10 Å². The van der Waals surface area contributed by atoms with Gasteiger partial charge in [-0.1, -0.05) is 35.9 Å². The van der Waals surface area contributed by atoms with Crippen LogP contribution in [0.15, 0.2) is 29.1 Å². The quantitative estimate of drug-likeness (QED) is 0.891. The minimum Gasteiger partial charge on any atom is -0.267 e. The number of aromatic amines is 1. The highest BCUT2D eigenvalue weighted by Gasteiger charge is 2.07. The van der Waals surface area contributed by atoms with Crippen LogP contribution >= 0.6 is 0 Å². The Morgan fingerprint density at radius 3 is 2.53 bits per heavy atom. The minimum absolute atomic E-state index is 0.110. The fourth-order valence-electron chi connectivity index (χ4n) is 1.70. The lowest BCUT2D eigenvalue weighted by molar-refractivity contribution is 0.952. The normalized spacial score (nSPS) is 10.6. The first-order valence-corrected chi connectivity index (χ1v) is 5.86. The lowest BCUT2D eigenvalue weighted by atomic mass is 10.1. The Kier molecular flexibility index (Phi) is 3.58. The third kappa shape index (κ3) is 2.78. The Hall–Kier alpha value is -2.67. The van der Waals surface area contributed by atoms with Crippen molar-refractivity contribution in [3.8, 4) is 6.07 Å². The minimum atomic E-state index is -0.451. The molecule has 0 saturated heterocycles. The van der Waals surface area contributed by atoms with Crippen molar-refractivity contribution < 1.29 is 0 Å². The standard InChI is InChI=1S/C15H13N3O/c1-10-3-5-12(6-4-10)7-8-14-11(2)13(9-16)15(19)18-17-14/h3-8H,1-2H3,(H,18,19)/b8-7+. The van der Waals surface area contributed by atoms with Crippen molar-refractivity contribution in [2.45, 2.75) is 13.8 Å². The van der Waals surface area contributed by atoms with Crippen LogP contribution in [-0.2, 0) is 0 Å². The zero-order chi connectivity index (χ0) is 13.8. The van der Waals surface area contributed by atoms with Crippen LogP contribution in [0.5, 0.6) is 0 Å². The average Bonchev–Trinajstić information content (AvgIpc) is 2.40. The molecule has 19 heavy (non-hydrogen) atoms. The van der Waals surface area contributed by atoms with E-state index in [1.807, 2.05) is 43.3 Å². The number of rotatable bonds is 2. The molecule has 0 fully saturated rings. The smallest absolute Gasteiger partial charge is 0.267 e. The summed E-state index contributed by atoms with van der Waals surface area (Å²) in [6.45, 7) is 3.75. The Morgan fingerprint density at radius 2 is 1.89 bits per heavy atom. The summed E-state index contributed by atoms with van der Waals surface area (Å²) in [5.74, 6) is 0. The summed E-state index contributed by atoms with van der Waals surface area (Å²) in [5, 5.41) is 15.2. The molecule has 0 radical (unpaired) electrons. The van der Waals surface area contributed by atoms with Gasteiger partial charge in [-0.2, -0.15) is 10.4 Å². The van der Waals surface area contributed by atoms with Crippen molar-refractivity contribution in [1.29, 1.82) is 5.26 Å². The van der Waals surface area contributed by atoms with Gasteiger partial charge in [0.1, 0.15) is 11.6 Å². The molecular weight excluding hydrogens is 238 g/mol. The van der Waals surface area contributed by atoms with E-state index in [0.717, 1.165) is 5.56 Å². The second-order valence-electron chi connectivity index (χ2n) is 4.29. The molecule has 4 heteroatoms. The lowest BCUT2D eigenvalue weighted by Crippen LogP contribution is -2.15. The van der Waals surface area contributed by atoms with Crippen molar-refractivity contribution in [1.82, 2.24) is 10.2 Å². The first-order chi connectivity index (χ1) is 9.11. The zero-order valence-electron chi connectivity index (χ0n) is 10.8. The third-order valence-corrected chi connectivity index (χ3v) is 2.89. The first-order valence-electron chi connectivity index (χ1n) is 5.86. The highest BCUT2D eigenvalue weighted by atomic mass is 16.1. The molecule has 2 aromatic rings. The van der Waals surface area contributed by atoms with Crippen LogP contribution in [0.2, 0.25) is 0 Å². The average molecular weight is 251 g/mol. The van der Waals surface area contributed by atoms with E-state index < -0.39 is 5.56 Å². The zero-order valence-corrected chi connectivity index (χ0v) is 10.8. The SMILES string of the molecule is Cc1ccc(/C=C/c2n[nH]c(=O)c(C#N)c2C)cc1. The number of H-pyrrole nitrogens is 1. The van der Waals surface area contributed by atoms with Gasteiger partial charge in [-0.3, -0.25) is 4.79 Å². The van der Waals surface area contributed by atoms with E-state index >= 15 is 0 Å². The maximum atomic E-state index is 11.4. The van der Waals surface area contributed by atoms with Gasteiger partial charge < -0.3 is 0 Å². The van der Waals surface area contributed by atoms with E-state index in [2.05, 4.69) is 10.2 Å². The van der Waals surface area contributed by atoms with E-state index in [0.29, 0.717) is 11.3 Å². The molecule has 0 unspecified atom stereocenters. The molecular formula is C15H13N3O. The summed E-state index contributed by atoms with van der Waals surface area (Å²) in [6.07, 6.45) is 3.69. The van der Waals surface area contributed by atoms with Crippen LogP contribution in [0.25, 0.3) is 12.2 Å². The first kappa shape index (κ1) is 12.8. The Bertz CT molecular complexity index is 719. The molecule has 1 aromatic heterocycles. The van der Waals surface area contributed by atoms with Gasteiger partial charge in [-0.05, 0) is 31.1 Å². The van der Waals surface area contributed by atoms with E-state index in [9.17, 15) is 4.79 Å². The number of nitrogens with zero attached hydrogens (tertiary/aromatic N) is 2. The van der Waals surface area contributed by atoms with Gasteiger partial charge in [0.25, 0.3) is 5.56 Å². The van der Waals surface area contributed by atoms with Crippen LogP contribution in [0, 0.1) is 25.2 Å². The van der Waals surface area contributed by atoms with E-state index in [4.69, 9.17) is 5.26 Å². The number of aryl methyl sites for hydroxylation is 1. The third-order valence-electron chi connectivity index (χ3n) is 2.89. The maximum absolute atomic E-state index is 11.4. The maximum Gasteiger partial charge on any atom is 0.282 e. The van der Waals surface area contributed by atoms with Gasteiger partial charge >= 0.3 is 0 Å². The molecule has 1 N–H and O–H groups in total. The molecule has 0 atom stereocenters. The van der Waals surface area contributed by atoms with Crippen LogP contribution in [0.1, 0.15) is 27.9 Å². The van der Waals surface area contributed by atoms with E-state index in [-0.39, 0.29) is 5.56 Å². The topological polar surface area (TPSA) is 69.5 Å². The van der Waals surface area contributed by atoms with Crippen molar-refractivity contribution >= 4 is 12.2 Å². The van der Waals surface area contributed by atoms with Gasteiger partial charge in [0.15, 0.2) is 0 Å². The fourth-order valence-corrected chi connectivity index (χ4v) is 1.70. The van der Waals surface area contributed by atoms with E-state index in [1.165, 1.54) is 5.56 Å². The van der Waals surface area contributed by atoms with Crippen molar-refractivity contribution in [3.05, 3.63) is 62.6 Å². The molecule has 94 valence electrons.